The summed E-state index contributed by atoms with van der Waals surface area (Å²) in [5.41, 5.74) is 0. The molecule has 0 fully saturated rings. The summed E-state index contributed by atoms with van der Waals surface area (Å²) in [5.74, 6) is -0.308. The first-order valence-corrected chi connectivity index (χ1v) is 10.9. The molecule has 0 aromatic rings. The Morgan fingerprint density at radius 2 is 1.89 bits per heavy atom. The number of aliphatic carboxylic acids is 1. The Balaban J connectivity index is 0. The average Bonchev–Trinajstić information content (AvgIpc) is 2.37. The quantitative estimate of drug-likeness (QED) is 0.451. The van der Waals surface area contributed by atoms with Crippen molar-refractivity contribution in [3.8, 4) is 0 Å². The summed E-state index contributed by atoms with van der Waals surface area (Å²) in [6.07, 6.45) is 4.60. The Morgan fingerprint density at radius 1 is 1.26 bits per heavy atom. The lowest BCUT2D eigenvalue weighted by molar-refractivity contribution is -0.305. The first-order valence-electron chi connectivity index (χ1n) is 6.47. The fraction of sp³-hybridized carbons (Fsp3) is 0.923. The SMILES string of the molecule is CC[P+](C)(C)CCOCCOC.CSCCC(=O)[O-]. The second kappa shape index (κ2) is 14.6. The van der Waals surface area contributed by atoms with Gasteiger partial charge in [0.05, 0.1) is 32.1 Å². The molecule has 19 heavy (non-hydrogen) atoms. The van der Waals surface area contributed by atoms with E-state index in [-0.39, 0.29) is 6.42 Å². The van der Waals surface area contributed by atoms with Crippen LogP contribution in [0.3, 0.4) is 0 Å². The Morgan fingerprint density at radius 3 is 2.26 bits per heavy atom. The van der Waals surface area contributed by atoms with E-state index in [4.69, 9.17) is 9.47 Å². The standard InChI is InChI=1S/C9H22O2P.C4H8O2S/c1-5-12(3,4)9-8-11-7-6-10-2;1-7-3-2-4(5)6/h5-9H2,1-4H3;2-3H2,1H3,(H,5,6)/q+1;/p-1. The zero-order valence-electron chi connectivity index (χ0n) is 12.9. The number of thioether (sulfide) groups is 1. The van der Waals surface area contributed by atoms with E-state index in [1.807, 2.05) is 6.26 Å². The number of methoxy groups -OCH3 is 1. The van der Waals surface area contributed by atoms with E-state index >= 15 is 0 Å². The molecule has 0 aliphatic heterocycles. The van der Waals surface area contributed by atoms with Gasteiger partial charge in [-0.2, -0.15) is 11.8 Å². The minimum absolute atomic E-state index is 0.168. The minimum Gasteiger partial charge on any atom is -0.550 e. The normalized spacial score (nSPS) is 10.8. The molecule has 0 atom stereocenters. The molecule has 0 N–H and O–H groups in total. The summed E-state index contributed by atoms with van der Waals surface area (Å²) in [6.45, 7) is 9.38. The van der Waals surface area contributed by atoms with Crippen molar-refractivity contribution in [1.29, 1.82) is 0 Å². The van der Waals surface area contributed by atoms with E-state index < -0.39 is 13.2 Å². The van der Waals surface area contributed by atoms with Crippen molar-refractivity contribution in [2.24, 2.45) is 0 Å². The van der Waals surface area contributed by atoms with Crippen molar-refractivity contribution in [3.05, 3.63) is 0 Å². The molecule has 0 aliphatic rings. The highest BCUT2D eigenvalue weighted by molar-refractivity contribution is 7.98. The van der Waals surface area contributed by atoms with Crippen molar-refractivity contribution >= 4 is 25.0 Å². The second-order valence-corrected chi connectivity index (χ2v) is 10.6. The third kappa shape index (κ3) is 20.6. The molecule has 0 saturated carbocycles. The maximum absolute atomic E-state index is 9.63. The molecule has 0 amide bonds. The van der Waals surface area contributed by atoms with E-state index in [2.05, 4.69) is 20.3 Å². The van der Waals surface area contributed by atoms with E-state index in [9.17, 15) is 9.90 Å². The molecule has 0 heterocycles. The lowest BCUT2D eigenvalue weighted by Gasteiger charge is -2.15. The smallest absolute Gasteiger partial charge is 0.0822 e. The van der Waals surface area contributed by atoms with Gasteiger partial charge in [0.1, 0.15) is 0 Å². The fourth-order valence-electron chi connectivity index (χ4n) is 0.900. The molecule has 4 nitrogen and oxygen atoms in total. The third-order valence-corrected chi connectivity index (χ3v) is 6.36. The van der Waals surface area contributed by atoms with E-state index in [0.717, 1.165) is 13.2 Å². The predicted octanol–water partition coefficient (Wildman–Crippen LogP) is 1.44. The predicted molar refractivity (Wildman–Crippen MR) is 84.9 cm³/mol. The first-order chi connectivity index (χ1) is 8.89. The van der Waals surface area contributed by atoms with Gasteiger partial charge in [0.25, 0.3) is 0 Å². The lowest BCUT2D eigenvalue weighted by atomic mass is 10.5. The van der Waals surface area contributed by atoms with Crippen LogP contribution in [0, 0.1) is 0 Å². The van der Waals surface area contributed by atoms with Gasteiger partial charge >= 0.3 is 0 Å². The highest BCUT2D eigenvalue weighted by Gasteiger charge is 2.20. The molecule has 0 aliphatic carbocycles. The molecule has 0 unspecified atom stereocenters. The van der Waals surface area contributed by atoms with Crippen molar-refractivity contribution < 1.29 is 19.4 Å². The second-order valence-electron chi connectivity index (χ2n) is 4.70. The van der Waals surface area contributed by atoms with Gasteiger partial charge in [0, 0.05) is 33.7 Å². The molecule has 0 rings (SSSR count). The van der Waals surface area contributed by atoms with Gasteiger partial charge in [-0.25, -0.2) is 0 Å². The molecule has 6 heteroatoms. The number of carboxylic acids is 1. The molecular formula is C13H29O4PS. The van der Waals surface area contributed by atoms with Gasteiger partial charge in [-0.1, -0.05) is 0 Å². The molecule has 0 radical (unpaired) electrons. The summed E-state index contributed by atoms with van der Waals surface area (Å²) < 4.78 is 10.3. The maximum Gasteiger partial charge on any atom is 0.0822 e. The minimum atomic E-state index is -0.964. The molecule has 0 aromatic carbocycles. The van der Waals surface area contributed by atoms with E-state index in [1.165, 1.54) is 24.1 Å². The molecule has 0 spiro atoms. The number of rotatable bonds is 10. The van der Waals surface area contributed by atoms with Crippen molar-refractivity contribution in [2.45, 2.75) is 13.3 Å². The number of hydrogen-bond acceptors (Lipinski definition) is 5. The largest absolute Gasteiger partial charge is 0.550 e. The number of ether oxygens (including phenoxy) is 2. The van der Waals surface area contributed by atoms with Gasteiger partial charge in [-0.3, -0.25) is 0 Å². The molecule has 0 aromatic heterocycles. The average molecular weight is 312 g/mol. The molecular weight excluding hydrogens is 283 g/mol. The number of carbonyl (C=O) groups is 1. The zero-order chi connectivity index (χ0) is 15.1. The number of hydrogen-bond donors (Lipinski definition) is 0. The summed E-state index contributed by atoms with van der Waals surface area (Å²) in [7, 11) is 1.06. The Hall–Kier alpha value is 0.170. The van der Waals surface area contributed by atoms with Crippen molar-refractivity contribution in [1.82, 2.24) is 0 Å². The Bertz CT molecular complexity index is 213. The van der Waals surface area contributed by atoms with Crippen molar-refractivity contribution in [3.63, 3.8) is 0 Å². The fourth-order valence-corrected chi connectivity index (χ4v) is 2.21. The van der Waals surface area contributed by atoms with E-state index in [0.29, 0.717) is 12.4 Å². The van der Waals surface area contributed by atoms with Crippen LogP contribution in [0.25, 0.3) is 0 Å². The zero-order valence-corrected chi connectivity index (χ0v) is 14.6. The topological polar surface area (TPSA) is 58.6 Å². The van der Waals surface area contributed by atoms with Gasteiger partial charge in [0.15, 0.2) is 0 Å². The van der Waals surface area contributed by atoms with Crippen LogP contribution < -0.4 is 5.11 Å². The first kappa shape index (κ1) is 21.5. The maximum atomic E-state index is 9.63. The van der Waals surface area contributed by atoms with E-state index in [1.54, 1.807) is 7.11 Å². The third-order valence-electron chi connectivity index (χ3n) is 2.64. The molecule has 0 bridgehead atoms. The lowest BCUT2D eigenvalue weighted by Crippen LogP contribution is -2.22. The van der Waals surface area contributed by atoms with Crippen LogP contribution in [0.1, 0.15) is 13.3 Å². The summed E-state index contributed by atoms with van der Waals surface area (Å²) in [4.78, 5) is 9.63. The van der Waals surface area contributed by atoms with Crippen LogP contribution in [0.5, 0.6) is 0 Å². The summed E-state index contributed by atoms with van der Waals surface area (Å²) in [6, 6.07) is 0. The van der Waals surface area contributed by atoms with Crippen LogP contribution >= 0.6 is 19.0 Å². The summed E-state index contributed by atoms with van der Waals surface area (Å²) in [5, 5.41) is 9.63. The number of carboxylic acid groups (broad SMARTS) is 1. The van der Waals surface area contributed by atoms with Gasteiger partial charge in [-0.15, -0.1) is 0 Å². The van der Waals surface area contributed by atoms with Crippen LogP contribution in [0.15, 0.2) is 0 Å². The van der Waals surface area contributed by atoms with Gasteiger partial charge in [-0.05, 0) is 25.4 Å². The Labute approximate surface area is 123 Å². The number of carbonyl (C=O) groups excluding carboxylic acids is 1. The monoisotopic (exact) mass is 312 g/mol. The molecule has 0 saturated heterocycles. The van der Waals surface area contributed by atoms with Crippen LogP contribution in [-0.2, 0) is 14.3 Å². The highest BCUT2D eigenvalue weighted by Crippen LogP contribution is 2.49. The van der Waals surface area contributed by atoms with Crippen molar-refractivity contribution in [2.75, 3.05) is 64.6 Å². The molecule has 116 valence electrons. The van der Waals surface area contributed by atoms with Crippen LogP contribution in [-0.4, -0.2) is 70.6 Å². The highest BCUT2D eigenvalue weighted by atomic mass is 32.2. The summed E-state index contributed by atoms with van der Waals surface area (Å²) >= 11 is 1.51. The Kier molecular flexibility index (Phi) is 16.5. The van der Waals surface area contributed by atoms with Crippen LogP contribution in [0.4, 0.5) is 0 Å². The van der Waals surface area contributed by atoms with Gasteiger partial charge in [0.2, 0.25) is 0 Å². The van der Waals surface area contributed by atoms with Crippen LogP contribution in [0.2, 0.25) is 0 Å². The van der Waals surface area contributed by atoms with Gasteiger partial charge < -0.3 is 19.4 Å².